The Morgan fingerprint density at radius 3 is 3.00 bits per heavy atom. The first-order valence-corrected chi connectivity index (χ1v) is 7.13. The first kappa shape index (κ1) is 13.4. The number of methoxy groups -OCH3 is 1. The van der Waals surface area contributed by atoms with Gasteiger partial charge in [-0.05, 0) is 6.07 Å². The number of aromatic amines is 1. The van der Waals surface area contributed by atoms with Crippen LogP contribution in [-0.2, 0) is 6.42 Å². The van der Waals surface area contributed by atoms with Gasteiger partial charge in [0, 0.05) is 41.9 Å². The number of rotatable bonds is 4. The van der Waals surface area contributed by atoms with Crippen molar-refractivity contribution in [2.45, 2.75) is 6.42 Å². The molecule has 0 amide bonds. The predicted octanol–water partition coefficient (Wildman–Crippen LogP) is 2.14. The smallest absolute Gasteiger partial charge is 0.141 e. The highest BCUT2D eigenvalue weighted by Gasteiger charge is 2.10. The van der Waals surface area contributed by atoms with Gasteiger partial charge in [-0.15, -0.1) is 0 Å². The molecule has 1 N–H and O–H groups in total. The number of H-pyrrole nitrogens is 1. The summed E-state index contributed by atoms with van der Waals surface area (Å²) in [6, 6.07) is 5.97. The Bertz CT molecular complexity index is 944. The van der Waals surface area contributed by atoms with E-state index in [1.54, 1.807) is 32.2 Å². The number of hydrogen-bond acceptors (Lipinski definition) is 5. The highest BCUT2D eigenvalue weighted by Crippen LogP contribution is 2.26. The molecule has 3 heterocycles. The van der Waals surface area contributed by atoms with Gasteiger partial charge in [0.15, 0.2) is 0 Å². The molecule has 114 valence electrons. The summed E-state index contributed by atoms with van der Waals surface area (Å²) in [4.78, 5) is 12.7. The van der Waals surface area contributed by atoms with Crippen LogP contribution in [0.2, 0.25) is 0 Å². The Kier molecular flexibility index (Phi) is 3.23. The van der Waals surface area contributed by atoms with Crippen LogP contribution in [0, 0.1) is 0 Å². The maximum Gasteiger partial charge on any atom is 0.141 e. The Morgan fingerprint density at radius 1 is 1.22 bits per heavy atom. The normalized spacial score (nSPS) is 11.0. The van der Waals surface area contributed by atoms with Crippen molar-refractivity contribution in [3.63, 3.8) is 0 Å². The number of aromatic nitrogens is 6. The van der Waals surface area contributed by atoms with E-state index in [1.165, 1.54) is 0 Å². The zero-order valence-electron chi connectivity index (χ0n) is 12.5. The second-order valence-corrected chi connectivity index (χ2v) is 5.14. The lowest BCUT2D eigenvalue weighted by molar-refractivity contribution is 0.411. The van der Waals surface area contributed by atoms with Gasteiger partial charge in [0.25, 0.3) is 0 Å². The maximum absolute atomic E-state index is 5.49. The van der Waals surface area contributed by atoms with Crippen LogP contribution in [-0.4, -0.2) is 36.8 Å². The summed E-state index contributed by atoms with van der Waals surface area (Å²) >= 11 is 0. The molecule has 0 aliphatic heterocycles. The summed E-state index contributed by atoms with van der Waals surface area (Å²) < 4.78 is 7.34. The molecule has 4 rings (SSSR count). The Balaban J connectivity index is 1.71. The van der Waals surface area contributed by atoms with Crippen molar-refractivity contribution < 1.29 is 4.74 Å². The molecule has 3 aromatic heterocycles. The molecule has 0 bridgehead atoms. The number of imidazole rings is 1. The summed E-state index contributed by atoms with van der Waals surface area (Å²) in [5.41, 5.74) is 2.91. The number of ether oxygens (including phenoxy) is 1. The minimum Gasteiger partial charge on any atom is -0.496 e. The Labute approximate surface area is 132 Å². The molecule has 0 atom stereocenters. The summed E-state index contributed by atoms with van der Waals surface area (Å²) in [7, 11) is 1.66. The van der Waals surface area contributed by atoms with Crippen molar-refractivity contribution >= 4 is 10.9 Å². The van der Waals surface area contributed by atoms with Gasteiger partial charge in [0.2, 0.25) is 0 Å². The summed E-state index contributed by atoms with van der Waals surface area (Å²) in [5, 5.41) is 8.05. The molecule has 0 fully saturated rings. The van der Waals surface area contributed by atoms with Crippen LogP contribution < -0.4 is 4.74 Å². The Morgan fingerprint density at radius 2 is 2.17 bits per heavy atom. The first-order chi connectivity index (χ1) is 11.3. The van der Waals surface area contributed by atoms with E-state index in [4.69, 9.17) is 4.74 Å². The number of nitrogens with one attached hydrogen (secondary N) is 1. The monoisotopic (exact) mass is 306 g/mol. The van der Waals surface area contributed by atoms with E-state index in [0.29, 0.717) is 6.42 Å². The molecule has 0 unspecified atom stereocenters. The number of hydrogen-bond donors (Lipinski definition) is 1. The van der Waals surface area contributed by atoms with Crippen molar-refractivity contribution in [3.05, 3.63) is 60.7 Å². The molecule has 0 aliphatic rings. The highest BCUT2D eigenvalue weighted by molar-refractivity contribution is 5.80. The van der Waals surface area contributed by atoms with E-state index >= 15 is 0 Å². The van der Waals surface area contributed by atoms with Crippen molar-refractivity contribution in [3.8, 4) is 11.6 Å². The fourth-order valence-electron chi connectivity index (χ4n) is 2.56. The third-order valence-electron chi connectivity index (χ3n) is 3.69. The number of fused-ring (bicyclic) bond motifs is 1. The molecular formula is C16H14N6O. The van der Waals surface area contributed by atoms with Gasteiger partial charge in [0.1, 0.15) is 24.2 Å². The minimum absolute atomic E-state index is 0.647. The fraction of sp³-hybridized carbons (Fsp3) is 0.125. The second-order valence-electron chi connectivity index (χ2n) is 5.14. The van der Waals surface area contributed by atoms with Gasteiger partial charge in [-0.2, -0.15) is 5.10 Å². The molecule has 0 aliphatic carbocycles. The van der Waals surface area contributed by atoms with Crippen LogP contribution in [0.1, 0.15) is 11.3 Å². The molecule has 0 saturated carbocycles. The van der Waals surface area contributed by atoms with Crippen LogP contribution >= 0.6 is 0 Å². The van der Waals surface area contributed by atoms with E-state index in [9.17, 15) is 0 Å². The molecule has 23 heavy (non-hydrogen) atoms. The molecule has 0 radical (unpaired) electrons. The largest absolute Gasteiger partial charge is 0.496 e. The van der Waals surface area contributed by atoms with Crippen molar-refractivity contribution in [2.24, 2.45) is 0 Å². The lowest BCUT2D eigenvalue weighted by atomic mass is 10.1. The average molecular weight is 306 g/mol. The first-order valence-electron chi connectivity index (χ1n) is 7.13. The van der Waals surface area contributed by atoms with Gasteiger partial charge < -0.3 is 4.74 Å². The maximum atomic E-state index is 5.49. The molecule has 4 aromatic rings. The molecule has 7 nitrogen and oxygen atoms in total. The molecule has 0 saturated heterocycles. The zero-order valence-corrected chi connectivity index (χ0v) is 12.5. The third kappa shape index (κ3) is 2.52. The molecule has 1 aromatic carbocycles. The summed E-state index contributed by atoms with van der Waals surface area (Å²) in [6.45, 7) is 0. The summed E-state index contributed by atoms with van der Waals surface area (Å²) in [5.74, 6) is 1.60. The van der Waals surface area contributed by atoms with Crippen molar-refractivity contribution in [1.82, 2.24) is 29.7 Å². The SMILES string of the molecule is COc1cc2[nH]ncc2cc1Cc1cc(-n2ccnc2)ncn1. The van der Waals surface area contributed by atoms with Crippen LogP contribution in [0.4, 0.5) is 0 Å². The highest BCUT2D eigenvalue weighted by atomic mass is 16.5. The van der Waals surface area contributed by atoms with Crippen LogP contribution in [0.3, 0.4) is 0 Å². The summed E-state index contributed by atoms with van der Waals surface area (Å²) in [6.07, 6.45) is 9.29. The second kappa shape index (κ2) is 5.53. The lowest BCUT2D eigenvalue weighted by Gasteiger charge is -2.09. The van der Waals surface area contributed by atoms with Gasteiger partial charge in [-0.1, -0.05) is 0 Å². The van der Waals surface area contributed by atoms with E-state index in [1.807, 2.05) is 22.9 Å². The topological polar surface area (TPSA) is 81.5 Å². The fourth-order valence-corrected chi connectivity index (χ4v) is 2.56. The van der Waals surface area contributed by atoms with E-state index in [0.717, 1.165) is 33.7 Å². The van der Waals surface area contributed by atoms with Gasteiger partial charge in [-0.3, -0.25) is 9.67 Å². The molecule has 7 heteroatoms. The van der Waals surface area contributed by atoms with E-state index in [-0.39, 0.29) is 0 Å². The van der Waals surface area contributed by atoms with Crippen molar-refractivity contribution in [1.29, 1.82) is 0 Å². The van der Waals surface area contributed by atoms with Crippen molar-refractivity contribution in [2.75, 3.05) is 7.11 Å². The molecule has 0 spiro atoms. The van der Waals surface area contributed by atoms with E-state index < -0.39 is 0 Å². The van der Waals surface area contributed by atoms with Gasteiger partial charge in [-0.25, -0.2) is 15.0 Å². The predicted molar refractivity (Wildman–Crippen MR) is 84.6 cm³/mol. The quantitative estimate of drug-likeness (QED) is 0.624. The lowest BCUT2D eigenvalue weighted by Crippen LogP contribution is -2.01. The van der Waals surface area contributed by atoms with E-state index in [2.05, 4.69) is 31.2 Å². The zero-order chi connectivity index (χ0) is 15.6. The van der Waals surface area contributed by atoms with Crippen LogP contribution in [0.15, 0.2) is 49.4 Å². The average Bonchev–Trinajstić information content (AvgIpc) is 3.25. The van der Waals surface area contributed by atoms with Gasteiger partial charge in [0.05, 0.1) is 24.5 Å². The standard InChI is InChI=1S/C16H14N6O/c1-23-15-7-14-12(8-20-21-14)4-11(15)5-13-6-16(19-9-18-13)22-3-2-17-10-22/h2-4,6-10H,5H2,1H3,(H,20,21). The Hall–Kier alpha value is -3.22. The van der Waals surface area contributed by atoms with Crippen LogP contribution in [0.5, 0.6) is 5.75 Å². The third-order valence-corrected chi connectivity index (χ3v) is 3.69. The number of nitrogens with zero attached hydrogens (tertiary/aromatic N) is 5. The molecular weight excluding hydrogens is 292 g/mol. The van der Waals surface area contributed by atoms with Crippen LogP contribution in [0.25, 0.3) is 16.7 Å². The number of benzene rings is 1. The van der Waals surface area contributed by atoms with Gasteiger partial charge >= 0.3 is 0 Å². The minimum atomic E-state index is 0.647.